The standard InChI is InChI=1S/C24H20N4O5/c1-15-3-8-20(33-2)19(13-15)26-22-21(17-4-6-18(7-5-17)28(31)32)23(29)27(24(22)30)14-16-9-11-25-12-10-16/h3-13,26H,14H2,1-2H3. The first-order valence-corrected chi connectivity index (χ1v) is 10.0. The fraction of sp³-hybridized carbons (Fsp3) is 0.125. The van der Waals surface area contributed by atoms with Crippen molar-refractivity contribution in [2.75, 3.05) is 12.4 Å². The number of benzene rings is 2. The van der Waals surface area contributed by atoms with Crippen molar-refractivity contribution in [2.45, 2.75) is 13.5 Å². The number of anilines is 1. The van der Waals surface area contributed by atoms with Crippen molar-refractivity contribution >= 4 is 28.8 Å². The number of methoxy groups -OCH3 is 1. The number of imide groups is 1. The average Bonchev–Trinajstić information content (AvgIpc) is 3.04. The van der Waals surface area contributed by atoms with Gasteiger partial charge in [0.05, 0.1) is 29.8 Å². The maximum atomic E-state index is 13.4. The molecule has 9 nitrogen and oxygen atoms in total. The van der Waals surface area contributed by atoms with E-state index in [0.29, 0.717) is 17.0 Å². The molecule has 4 rings (SSSR count). The van der Waals surface area contributed by atoms with Gasteiger partial charge < -0.3 is 10.1 Å². The summed E-state index contributed by atoms with van der Waals surface area (Å²) in [7, 11) is 1.51. The average molecular weight is 444 g/mol. The predicted octanol–water partition coefficient (Wildman–Crippen LogP) is 3.70. The van der Waals surface area contributed by atoms with Crippen LogP contribution in [0.5, 0.6) is 5.75 Å². The molecule has 2 aromatic carbocycles. The van der Waals surface area contributed by atoms with Gasteiger partial charge >= 0.3 is 0 Å². The van der Waals surface area contributed by atoms with E-state index in [9.17, 15) is 19.7 Å². The quantitative estimate of drug-likeness (QED) is 0.336. The van der Waals surface area contributed by atoms with Gasteiger partial charge in [0.25, 0.3) is 17.5 Å². The van der Waals surface area contributed by atoms with Gasteiger partial charge in [-0.05, 0) is 60.0 Å². The van der Waals surface area contributed by atoms with Crippen LogP contribution in [0.4, 0.5) is 11.4 Å². The van der Waals surface area contributed by atoms with Crippen LogP contribution < -0.4 is 10.1 Å². The topological polar surface area (TPSA) is 115 Å². The van der Waals surface area contributed by atoms with E-state index in [1.807, 2.05) is 19.1 Å². The van der Waals surface area contributed by atoms with Crippen LogP contribution in [0.25, 0.3) is 5.57 Å². The van der Waals surface area contributed by atoms with Gasteiger partial charge in [0.15, 0.2) is 0 Å². The van der Waals surface area contributed by atoms with E-state index in [2.05, 4.69) is 10.3 Å². The second-order valence-electron chi connectivity index (χ2n) is 7.43. The van der Waals surface area contributed by atoms with Crippen molar-refractivity contribution in [1.29, 1.82) is 0 Å². The Bertz CT molecular complexity index is 1270. The summed E-state index contributed by atoms with van der Waals surface area (Å²) in [5.74, 6) is -0.502. The Balaban J connectivity index is 1.79. The van der Waals surface area contributed by atoms with E-state index in [-0.39, 0.29) is 23.5 Å². The highest BCUT2D eigenvalue weighted by Crippen LogP contribution is 2.35. The lowest BCUT2D eigenvalue weighted by Gasteiger charge is -2.16. The molecule has 0 atom stereocenters. The van der Waals surface area contributed by atoms with E-state index in [1.165, 1.54) is 31.4 Å². The number of rotatable bonds is 7. The first kappa shape index (κ1) is 21.7. The van der Waals surface area contributed by atoms with Gasteiger partial charge in [0, 0.05) is 24.5 Å². The van der Waals surface area contributed by atoms with Gasteiger partial charge in [-0.1, -0.05) is 6.07 Å². The van der Waals surface area contributed by atoms with Crippen LogP contribution in [0.15, 0.2) is 72.7 Å². The van der Waals surface area contributed by atoms with E-state index >= 15 is 0 Å². The number of nitrogens with one attached hydrogen (secondary N) is 1. The number of nitro benzene ring substituents is 1. The summed E-state index contributed by atoms with van der Waals surface area (Å²) in [4.78, 5) is 42.4. The third-order valence-electron chi connectivity index (χ3n) is 5.24. The number of amides is 2. The van der Waals surface area contributed by atoms with Gasteiger partial charge in [0.2, 0.25) is 0 Å². The number of aromatic nitrogens is 1. The largest absolute Gasteiger partial charge is 0.495 e. The van der Waals surface area contributed by atoms with Crippen LogP contribution in [0, 0.1) is 17.0 Å². The molecular weight excluding hydrogens is 424 g/mol. The Morgan fingerprint density at radius 3 is 2.36 bits per heavy atom. The van der Waals surface area contributed by atoms with E-state index in [0.717, 1.165) is 16.0 Å². The molecule has 0 unspecified atom stereocenters. The lowest BCUT2D eigenvalue weighted by molar-refractivity contribution is -0.384. The number of nitrogens with zero attached hydrogens (tertiary/aromatic N) is 3. The Labute approximate surface area is 189 Å². The Morgan fingerprint density at radius 1 is 1.03 bits per heavy atom. The molecule has 0 spiro atoms. The molecule has 0 bridgehead atoms. The van der Waals surface area contributed by atoms with Crippen molar-refractivity contribution in [3.8, 4) is 5.75 Å². The van der Waals surface area contributed by atoms with Crippen molar-refractivity contribution in [2.24, 2.45) is 0 Å². The van der Waals surface area contributed by atoms with E-state index in [1.54, 1.807) is 30.6 Å². The van der Waals surface area contributed by atoms with Gasteiger partial charge in [-0.15, -0.1) is 0 Å². The summed E-state index contributed by atoms with van der Waals surface area (Å²) in [5, 5.41) is 14.1. The second kappa shape index (κ2) is 8.91. The molecule has 0 radical (unpaired) electrons. The minimum absolute atomic E-state index is 0.0623. The fourth-order valence-corrected chi connectivity index (χ4v) is 3.58. The number of carbonyl (C=O) groups excluding carboxylic acids is 2. The van der Waals surface area contributed by atoms with Crippen LogP contribution >= 0.6 is 0 Å². The van der Waals surface area contributed by atoms with Gasteiger partial charge in [-0.2, -0.15) is 0 Å². The van der Waals surface area contributed by atoms with Crippen molar-refractivity contribution in [3.05, 3.63) is 99.5 Å². The molecule has 1 aliphatic rings. The Hall–Kier alpha value is -4.53. The lowest BCUT2D eigenvalue weighted by Crippen LogP contribution is -2.32. The molecule has 1 aliphatic heterocycles. The molecule has 3 aromatic rings. The maximum absolute atomic E-state index is 13.4. The molecule has 2 heterocycles. The first-order chi connectivity index (χ1) is 15.9. The highest BCUT2D eigenvalue weighted by molar-refractivity contribution is 6.36. The maximum Gasteiger partial charge on any atom is 0.278 e. The first-order valence-electron chi connectivity index (χ1n) is 10.0. The van der Waals surface area contributed by atoms with Crippen LogP contribution in [-0.2, 0) is 16.1 Å². The molecule has 1 aromatic heterocycles. The van der Waals surface area contributed by atoms with Gasteiger partial charge in [-0.25, -0.2) is 0 Å². The minimum atomic E-state index is -0.522. The number of carbonyl (C=O) groups is 2. The monoisotopic (exact) mass is 444 g/mol. The zero-order valence-electron chi connectivity index (χ0n) is 17.9. The molecular formula is C24H20N4O5. The zero-order chi connectivity index (χ0) is 23.5. The Kier molecular flexibility index (Phi) is 5.86. The summed E-state index contributed by atoms with van der Waals surface area (Å²) in [6.45, 7) is 1.96. The summed E-state index contributed by atoms with van der Waals surface area (Å²) >= 11 is 0. The molecule has 33 heavy (non-hydrogen) atoms. The predicted molar refractivity (Wildman–Crippen MR) is 121 cm³/mol. The van der Waals surface area contributed by atoms with Crippen molar-refractivity contribution in [3.63, 3.8) is 0 Å². The number of ether oxygens (including phenoxy) is 1. The van der Waals surface area contributed by atoms with Crippen molar-refractivity contribution < 1.29 is 19.2 Å². The highest BCUT2D eigenvalue weighted by Gasteiger charge is 2.39. The third-order valence-corrected chi connectivity index (χ3v) is 5.24. The molecule has 2 amide bonds. The van der Waals surface area contributed by atoms with Crippen LogP contribution in [0.1, 0.15) is 16.7 Å². The molecule has 0 fully saturated rings. The van der Waals surface area contributed by atoms with E-state index < -0.39 is 16.7 Å². The smallest absolute Gasteiger partial charge is 0.278 e. The van der Waals surface area contributed by atoms with Gasteiger partial charge in [-0.3, -0.25) is 29.6 Å². The Morgan fingerprint density at radius 2 is 1.73 bits per heavy atom. The van der Waals surface area contributed by atoms with Crippen LogP contribution in [0.3, 0.4) is 0 Å². The van der Waals surface area contributed by atoms with Crippen LogP contribution in [0.2, 0.25) is 0 Å². The van der Waals surface area contributed by atoms with Gasteiger partial charge in [0.1, 0.15) is 11.4 Å². The molecule has 0 aliphatic carbocycles. The second-order valence-corrected chi connectivity index (χ2v) is 7.43. The number of hydrogen-bond acceptors (Lipinski definition) is 7. The number of aryl methyl sites for hydroxylation is 1. The molecule has 0 saturated carbocycles. The van der Waals surface area contributed by atoms with Crippen molar-refractivity contribution in [1.82, 2.24) is 9.88 Å². The highest BCUT2D eigenvalue weighted by atomic mass is 16.6. The SMILES string of the molecule is COc1ccc(C)cc1NC1=C(c2ccc([N+](=O)[O-])cc2)C(=O)N(Cc2ccncc2)C1=O. The fourth-order valence-electron chi connectivity index (χ4n) is 3.58. The summed E-state index contributed by atoms with van der Waals surface area (Å²) in [6.07, 6.45) is 3.17. The zero-order valence-corrected chi connectivity index (χ0v) is 17.9. The normalized spacial score (nSPS) is 13.5. The molecule has 9 heteroatoms. The number of nitro groups is 1. The molecule has 166 valence electrons. The van der Waals surface area contributed by atoms with Crippen LogP contribution in [-0.4, -0.2) is 33.7 Å². The lowest BCUT2D eigenvalue weighted by atomic mass is 10.0. The number of non-ortho nitro benzene ring substituents is 1. The summed E-state index contributed by atoms with van der Waals surface area (Å²) in [6, 6.07) is 14.4. The minimum Gasteiger partial charge on any atom is -0.495 e. The summed E-state index contributed by atoms with van der Waals surface area (Å²) < 4.78 is 5.40. The molecule has 0 saturated heterocycles. The number of hydrogen-bond donors (Lipinski definition) is 1. The third kappa shape index (κ3) is 4.29. The number of pyridine rings is 1. The molecule has 1 N–H and O–H groups in total. The van der Waals surface area contributed by atoms with E-state index in [4.69, 9.17) is 4.74 Å². The summed E-state index contributed by atoms with van der Waals surface area (Å²) in [5.41, 5.74) is 2.69.